The van der Waals surface area contributed by atoms with Crippen LogP contribution in [0.15, 0.2) is 24.3 Å². The van der Waals surface area contributed by atoms with Gasteiger partial charge < -0.3 is 11.1 Å². The van der Waals surface area contributed by atoms with E-state index < -0.39 is 0 Å². The molecule has 0 fully saturated rings. The fourth-order valence-corrected chi connectivity index (χ4v) is 2.03. The van der Waals surface area contributed by atoms with Crippen LogP contribution in [0.5, 0.6) is 0 Å². The highest BCUT2D eigenvalue weighted by Gasteiger charge is 2.12. The Balaban J connectivity index is 2.03. The van der Waals surface area contributed by atoms with Crippen molar-refractivity contribution in [3.8, 4) is 0 Å². The quantitative estimate of drug-likeness (QED) is 0.908. The van der Waals surface area contributed by atoms with Gasteiger partial charge >= 0.3 is 0 Å². The molecule has 20 heavy (non-hydrogen) atoms. The van der Waals surface area contributed by atoms with Gasteiger partial charge in [0, 0.05) is 12.2 Å². The first-order valence-corrected chi connectivity index (χ1v) is 6.67. The number of hydrogen-bond acceptors (Lipinski definition) is 3. The fraction of sp³-hybridized carbons (Fsp3) is 0.286. The van der Waals surface area contributed by atoms with Crippen LogP contribution in [0, 0.1) is 13.8 Å². The van der Waals surface area contributed by atoms with Gasteiger partial charge in [-0.2, -0.15) is 5.10 Å². The van der Waals surface area contributed by atoms with Crippen LogP contribution in [-0.4, -0.2) is 15.7 Å². The van der Waals surface area contributed by atoms with E-state index >= 15 is 0 Å². The van der Waals surface area contributed by atoms with Gasteiger partial charge in [-0.3, -0.25) is 9.48 Å². The van der Waals surface area contributed by atoms with Crippen molar-refractivity contribution in [3.63, 3.8) is 0 Å². The third kappa shape index (κ3) is 3.18. The number of hydrogen-bond donors (Lipinski definition) is 2. The molecule has 0 unspecified atom stereocenters. The molecule has 0 radical (unpaired) electrons. The largest absolute Gasteiger partial charge is 0.326 e. The average molecular weight is 293 g/mol. The second-order valence-electron chi connectivity index (χ2n) is 4.59. The number of amides is 1. The van der Waals surface area contributed by atoms with E-state index in [2.05, 4.69) is 10.4 Å². The Bertz CT molecular complexity index is 619. The van der Waals surface area contributed by atoms with Crippen molar-refractivity contribution in [2.75, 3.05) is 5.32 Å². The van der Waals surface area contributed by atoms with Gasteiger partial charge in [0.25, 0.3) is 0 Å². The van der Waals surface area contributed by atoms with Crippen molar-refractivity contribution >= 4 is 23.2 Å². The summed E-state index contributed by atoms with van der Waals surface area (Å²) in [5.41, 5.74) is 8.80. The third-order valence-electron chi connectivity index (χ3n) is 3.06. The maximum atomic E-state index is 12.0. The van der Waals surface area contributed by atoms with Gasteiger partial charge in [0.15, 0.2) is 0 Å². The molecule has 0 aliphatic carbocycles. The maximum absolute atomic E-state index is 12.0. The summed E-state index contributed by atoms with van der Waals surface area (Å²) in [5.74, 6) is -0.146. The Kier molecular flexibility index (Phi) is 4.42. The molecule has 0 saturated heterocycles. The Morgan fingerprint density at radius 3 is 2.50 bits per heavy atom. The van der Waals surface area contributed by atoms with Crippen molar-refractivity contribution < 1.29 is 4.79 Å². The molecule has 106 valence electrons. The van der Waals surface area contributed by atoms with Crippen LogP contribution in [0.2, 0.25) is 5.02 Å². The number of nitrogens with zero attached hydrogens (tertiary/aromatic N) is 2. The maximum Gasteiger partial charge on any atom is 0.246 e. The van der Waals surface area contributed by atoms with Crippen LogP contribution in [0.25, 0.3) is 0 Å². The number of nitrogens with two attached hydrogens (primary N) is 1. The number of nitrogens with one attached hydrogen (secondary N) is 1. The van der Waals surface area contributed by atoms with E-state index in [9.17, 15) is 4.79 Å². The summed E-state index contributed by atoms with van der Waals surface area (Å²) in [6.07, 6.45) is 0. The van der Waals surface area contributed by atoms with Gasteiger partial charge in [-0.1, -0.05) is 23.7 Å². The zero-order valence-corrected chi connectivity index (χ0v) is 12.2. The van der Waals surface area contributed by atoms with Crippen molar-refractivity contribution in [3.05, 3.63) is 46.2 Å². The molecule has 1 amide bonds. The van der Waals surface area contributed by atoms with Gasteiger partial charge in [0.1, 0.15) is 6.54 Å². The number of aromatic nitrogens is 2. The van der Waals surface area contributed by atoms with Gasteiger partial charge in [0.2, 0.25) is 5.91 Å². The standard InChI is InChI=1S/C14H17ClN4O/c1-9-14(15)10(2)19(18-9)8-13(20)17-12-5-3-11(7-16)4-6-12/h3-6H,7-8,16H2,1-2H3,(H,17,20). The topological polar surface area (TPSA) is 72.9 Å². The molecule has 1 aromatic carbocycles. The molecule has 0 atom stereocenters. The lowest BCUT2D eigenvalue weighted by molar-refractivity contribution is -0.116. The highest BCUT2D eigenvalue weighted by atomic mass is 35.5. The lowest BCUT2D eigenvalue weighted by Gasteiger charge is -2.07. The number of aryl methyl sites for hydroxylation is 1. The van der Waals surface area contributed by atoms with E-state index in [0.717, 1.165) is 22.6 Å². The van der Waals surface area contributed by atoms with Crippen molar-refractivity contribution in [2.45, 2.75) is 26.9 Å². The molecule has 1 heterocycles. The minimum absolute atomic E-state index is 0.137. The predicted molar refractivity (Wildman–Crippen MR) is 79.7 cm³/mol. The number of halogens is 1. The van der Waals surface area contributed by atoms with E-state index in [-0.39, 0.29) is 12.5 Å². The van der Waals surface area contributed by atoms with Crippen molar-refractivity contribution in [1.29, 1.82) is 0 Å². The zero-order chi connectivity index (χ0) is 14.7. The van der Waals surface area contributed by atoms with E-state index in [1.165, 1.54) is 0 Å². The average Bonchev–Trinajstić information content (AvgIpc) is 2.67. The summed E-state index contributed by atoms with van der Waals surface area (Å²) >= 11 is 6.05. The number of carbonyl (C=O) groups is 1. The van der Waals surface area contributed by atoms with Crippen LogP contribution in [0.3, 0.4) is 0 Å². The van der Waals surface area contributed by atoms with E-state index in [1.54, 1.807) is 4.68 Å². The summed E-state index contributed by atoms with van der Waals surface area (Å²) in [4.78, 5) is 12.0. The van der Waals surface area contributed by atoms with Gasteiger partial charge in [-0.25, -0.2) is 0 Å². The molecular weight excluding hydrogens is 276 g/mol. The molecule has 2 aromatic rings. The lowest BCUT2D eigenvalue weighted by atomic mass is 10.2. The van der Waals surface area contributed by atoms with Gasteiger partial charge in [-0.15, -0.1) is 0 Å². The summed E-state index contributed by atoms with van der Waals surface area (Å²) in [7, 11) is 0. The summed E-state index contributed by atoms with van der Waals surface area (Å²) in [5, 5.41) is 7.64. The highest BCUT2D eigenvalue weighted by Crippen LogP contribution is 2.18. The Labute approximate surface area is 122 Å². The SMILES string of the molecule is Cc1nn(CC(=O)Nc2ccc(CN)cc2)c(C)c1Cl. The number of rotatable bonds is 4. The third-order valence-corrected chi connectivity index (χ3v) is 3.61. The van der Waals surface area contributed by atoms with Crippen LogP contribution < -0.4 is 11.1 Å². The van der Waals surface area contributed by atoms with Crippen LogP contribution in [-0.2, 0) is 17.9 Å². The minimum Gasteiger partial charge on any atom is -0.326 e. The van der Waals surface area contributed by atoms with Crippen LogP contribution in [0.1, 0.15) is 17.0 Å². The van der Waals surface area contributed by atoms with E-state index in [1.807, 2.05) is 38.1 Å². The van der Waals surface area contributed by atoms with Crippen molar-refractivity contribution in [1.82, 2.24) is 9.78 Å². The Morgan fingerprint density at radius 2 is 2.00 bits per heavy atom. The molecule has 5 nitrogen and oxygen atoms in total. The number of carbonyl (C=O) groups excluding carboxylic acids is 1. The highest BCUT2D eigenvalue weighted by molar-refractivity contribution is 6.31. The van der Waals surface area contributed by atoms with Crippen LogP contribution in [0.4, 0.5) is 5.69 Å². The zero-order valence-electron chi connectivity index (χ0n) is 11.5. The first-order valence-electron chi connectivity index (χ1n) is 6.29. The molecule has 3 N–H and O–H groups in total. The minimum atomic E-state index is -0.146. The lowest BCUT2D eigenvalue weighted by Crippen LogP contribution is -2.20. The predicted octanol–water partition coefficient (Wildman–Crippen LogP) is 2.25. The Morgan fingerprint density at radius 1 is 1.35 bits per heavy atom. The molecule has 0 spiro atoms. The summed E-state index contributed by atoms with van der Waals surface area (Å²) in [6.45, 7) is 4.28. The van der Waals surface area contributed by atoms with E-state index in [4.69, 9.17) is 17.3 Å². The molecule has 0 saturated carbocycles. The van der Waals surface area contributed by atoms with Gasteiger partial charge in [-0.05, 0) is 31.5 Å². The molecule has 1 aromatic heterocycles. The molecule has 6 heteroatoms. The smallest absolute Gasteiger partial charge is 0.246 e. The molecule has 0 bridgehead atoms. The number of anilines is 1. The first-order chi connectivity index (χ1) is 9.51. The van der Waals surface area contributed by atoms with Gasteiger partial charge in [0.05, 0.1) is 16.4 Å². The van der Waals surface area contributed by atoms with E-state index in [0.29, 0.717) is 11.6 Å². The van der Waals surface area contributed by atoms with Crippen molar-refractivity contribution in [2.24, 2.45) is 5.73 Å². The number of benzene rings is 1. The summed E-state index contributed by atoms with van der Waals surface area (Å²) < 4.78 is 1.60. The normalized spacial score (nSPS) is 10.6. The first kappa shape index (κ1) is 14.6. The molecule has 0 aliphatic rings. The van der Waals surface area contributed by atoms with Crippen LogP contribution >= 0.6 is 11.6 Å². The molecule has 0 aliphatic heterocycles. The molecular formula is C14H17ClN4O. The Hall–Kier alpha value is -1.85. The fourth-order valence-electron chi connectivity index (χ4n) is 1.89. The summed E-state index contributed by atoms with van der Waals surface area (Å²) in [6, 6.07) is 7.42. The monoisotopic (exact) mass is 292 g/mol. The second-order valence-corrected chi connectivity index (χ2v) is 4.97. The molecule has 2 rings (SSSR count). The second kappa shape index (κ2) is 6.07.